The first-order valence-electron chi connectivity index (χ1n) is 7.89. The molecule has 1 atom stereocenters. The fourth-order valence-corrected chi connectivity index (χ4v) is 2.92. The van der Waals surface area contributed by atoms with Crippen LogP contribution in [0.15, 0.2) is 77.4 Å². The Hall–Kier alpha value is -2.66. The van der Waals surface area contributed by atoms with E-state index in [-0.39, 0.29) is 17.5 Å². The second kappa shape index (κ2) is 7.94. The third-order valence-electron chi connectivity index (χ3n) is 3.84. The van der Waals surface area contributed by atoms with Crippen molar-refractivity contribution >= 4 is 21.8 Å². The predicted octanol–water partition coefficient (Wildman–Crippen LogP) is 4.26. The van der Waals surface area contributed by atoms with E-state index in [0.29, 0.717) is 11.0 Å². The number of rotatable bonds is 5. The average molecular weight is 397 g/mol. The van der Waals surface area contributed by atoms with Gasteiger partial charge < -0.3 is 10.4 Å². The molecule has 2 aromatic carbocycles. The standard InChI is InChI=1S/C20H17BrN2O2/c21-18-12-11-17(24)19(23-18)20(25)22-16(15-9-5-2-6-10-15)13-14-7-3-1-4-8-14/h1-12,16,24H,13H2,(H,22,25). The zero-order valence-corrected chi connectivity index (χ0v) is 15.0. The van der Waals surface area contributed by atoms with E-state index in [9.17, 15) is 9.90 Å². The highest BCUT2D eigenvalue weighted by molar-refractivity contribution is 9.10. The minimum absolute atomic E-state index is 0.00312. The van der Waals surface area contributed by atoms with Gasteiger partial charge in [-0.2, -0.15) is 0 Å². The predicted molar refractivity (Wildman–Crippen MR) is 100 cm³/mol. The van der Waals surface area contributed by atoms with Gasteiger partial charge in [-0.25, -0.2) is 4.98 Å². The monoisotopic (exact) mass is 396 g/mol. The summed E-state index contributed by atoms with van der Waals surface area (Å²) in [5, 5.41) is 12.9. The van der Waals surface area contributed by atoms with E-state index in [2.05, 4.69) is 26.2 Å². The van der Waals surface area contributed by atoms with Gasteiger partial charge in [-0.1, -0.05) is 60.7 Å². The lowest BCUT2D eigenvalue weighted by molar-refractivity contribution is 0.0928. The number of aromatic nitrogens is 1. The van der Waals surface area contributed by atoms with Crippen molar-refractivity contribution < 1.29 is 9.90 Å². The molecule has 0 aliphatic rings. The second-order valence-electron chi connectivity index (χ2n) is 5.63. The van der Waals surface area contributed by atoms with Crippen LogP contribution in [0.3, 0.4) is 0 Å². The number of carbonyl (C=O) groups excluding carboxylic acids is 1. The average Bonchev–Trinajstić information content (AvgIpc) is 2.64. The topological polar surface area (TPSA) is 62.2 Å². The van der Waals surface area contributed by atoms with Gasteiger partial charge in [-0.15, -0.1) is 0 Å². The van der Waals surface area contributed by atoms with Crippen molar-refractivity contribution in [2.24, 2.45) is 0 Å². The van der Waals surface area contributed by atoms with Gasteiger partial charge >= 0.3 is 0 Å². The number of nitrogens with zero attached hydrogens (tertiary/aromatic N) is 1. The van der Waals surface area contributed by atoms with E-state index in [1.165, 1.54) is 6.07 Å². The van der Waals surface area contributed by atoms with Crippen LogP contribution in [-0.2, 0) is 6.42 Å². The molecule has 3 rings (SSSR count). The first kappa shape index (κ1) is 17.2. The Bertz CT molecular complexity index is 854. The molecule has 1 heterocycles. The van der Waals surface area contributed by atoms with Crippen molar-refractivity contribution in [2.75, 3.05) is 0 Å². The Labute approximate surface area is 154 Å². The molecule has 0 fully saturated rings. The van der Waals surface area contributed by atoms with Crippen molar-refractivity contribution in [3.63, 3.8) is 0 Å². The molecule has 3 aromatic rings. The Morgan fingerprint density at radius 3 is 2.32 bits per heavy atom. The maximum Gasteiger partial charge on any atom is 0.274 e. The molecular weight excluding hydrogens is 380 g/mol. The molecule has 0 saturated carbocycles. The van der Waals surface area contributed by atoms with Gasteiger partial charge in [0.25, 0.3) is 5.91 Å². The molecule has 0 spiro atoms. The number of hydrogen-bond donors (Lipinski definition) is 2. The van der Waals surface area contributed by atoms with Crippen LogP contribution in [-0.4, -0.2) is 16.0 Å². The lowest BCUT2D eigenvalue weighted by Gasteiger charge is -2.19. The Kier molecular flexibility index (Phi) is 5.46. The lowest BCUT2D eigenvalue weighted by atomic mass is 9.98. The van der Waals surface area contributed by atoms with Crippen molar-refractivity contribution in [3.8, 4) is 5.75 Å². The molecule has 1 amide bonds. The number of halogens is 1. The molecule has 1 aromatic heterocycles. The van der Waals surface area contributed by atoms with Crippen molar-refractivity contribution in [1.82, 2.24) is 10.3 Å². The second-order valence-corrected chi connectivity index (χ2v) is 6.44. The number of amides is 1. The number of benzene rings is 2. The summed E-state index contributed by atoms with van der Waals surface area (Å²) in [4.78, 5) is 16.7. The van der Waals surface area contributed by atoms with Gasteiger partial charge in [0.15, 0.2) is 5.69 Å². The zero-order valence-electron chi connectivity index (χ0n) is 13.4. The van der Waals surface area contributed by atoms with E-state index >= 15 is 0 Å². The van der Waals surface area contributed by atoms with E-state index in [1.807, 2.05) is 60.7 Å². The molecule has 1 unspecified atom stereocenters. The number of carbonyl (C=O) groups is 1. The summed E-state index contributed by atoms with van der Waals surface area (Å²) >= 11 is 3.23. The fraction of sp³-hybridized carbons (Fsp3) is 0.100. The van der Waals surface area contributed by atoms with E-state index < -0.39 is 5.91 Å². The largest absolute Gasteiger partial charge is 0.505 e. The molecule has 126 valence electrons. The molecule has 4 nitrogen and oxygen atoms in total. The van der Waals surface area contributed by atoms with E-state index in [4.69, 9.17) is 0 Å². The maximum absolute atomic E-state index is 12.6. The summed E-state index contributed by atoms with van der Waals surface area (Å²) in [6.45, 7) is 0. The quantitative estimate of drug-likeness (QED) is 0.633. The van der Waals surface area contributed by atoms with Crippen LogP contribution in [0.5, 0.6) is 5.75 Å². The molecule has 0 bridgehead atoms. The van der Waals surface area contributed by atoms with Gasteiger partial charge in [-0.05, 0) is 45.6 Å². The SMILES string of the molecule is O=C(NC(Cc1ccccc1)c1ccccc1)c1nc(Br)ccc1O. The number of nitrogens with one attached hydrogen (secondary N) is 1. The number of hydrogen-bond acceptors (Lipinski definition) is 3. The number of aromatic hydroxyl groups is 1. The summed E-state index contributed by atoms with van der Waals surface area (Å²) in [6.07, 6.45) is 0.644. The third-order valence-corrected chi connectivity index (χ3v) is 4.29. The molecular formula is C20H17BrN2O2. The van der Waals surface area contributed by atoms with Gasteiger partial charge in [0.05, 0.1) is 6.04 Å². The lowest BCUT2D eigenvalue weighted by Crippen LogP contribution is -2.30. The normalized spacial score (nSPS) is 11.7. The molecule has 25 heavy (non-hydrogen) atoms. The van der Waals surface area contributed by atoms with Crippen molar-refractivity contribution in [2.45, 2.75) is 12.5 Å². The maximum atomic E-state index is 12.6. The minimum atomic E-state index is -0.413. The smallest absolute Gasteiger partial charge is 0.274 e. The van der Waals surface area contributed by atoms with Crippen LogP contribution in [0.4, 0.5) is 0 Å². The Morgan fingerprint density at radius 1 is 1.00 bits per heavy atom. The van der Waals surface area contributed by atoms with Crippen LogP contribution in [0.1, 0.15) is 27.7 Å². The summed E-state index contributed by atoms with van der Waals surface area (Å²) in [5.41, 5.74) is 2.11. The summed E-state index contributed by atoms with van der Waals surface area (Å²) in [6, 6.07) is 22.5. The minimum Gasteiger partial charge on any atom is -0.505 e. The molecule has 0 radical (unpaired) electrons. The van der Waals surface area contributed by atoms with Crippen LogP contribution in [0, 0.1) is 0 Å². The molecule has 0 aliphatic heterocycles. The van der Waals surface area contributed by atoms with Gasteiger partial charge in [-0.3, -0.25) is 4.79 Å². The van der Waals surface area contributed by atoms with Gasteiger partial charge in [0, 0.05) is 0 Å². The molecule has 0 saturated heterocycles. The Morgan fingerprint density at radius 2 is 1.64 bits per heavy atom. The molecule has 5 heteroatoms. The highest BCUT2D eigenvalue weighted by Crippen LogP contribution is 2.22. The van der Waals surface area contributed by atoms with Crippen LogP contribution in [0.2, 0.25) is 0 Å². The first-order chi connectivity index (χ1) is 12.1. The summed E-state index contributed by atoms with van der Waals surface area (Å²) in [7, 11) is 0. The number of pyridine rings is 1. The van der Waals surface area contributed by atoms with Gasteiger partial charge in [0.1, 0.15) is 10.4 Å². The van der Waals surface area contributed by atoms with Crippen LogP contribution < -0.4 is 5.32 Å². The van der Waals surface area contributed by atoms with E-state index in [0.717, 1.165) is 11.1 Å². The fourth-order valence-electron chi connectivity index (χ4n) is 2.61. The summed E-state index contributed by atoms with van der Waals surface area (Å²) in [5.74, 6) is -0.559. The third kappa shape index (κ3) is 4.45. The highest BCUT2D eigenvalue weighted by atomic mass is 79.9. The highest BCUT2D eigenvalue weighted by Gasteiger charge is 2.20. The van der Waals surface area contributed by atoms with Crippen LogP contribution >= 0.6 is 15.9 Å². The van der Waals surface area contributed by atoms with Crippen molar-refractivity contribution in [3.05, 3.63) is 94.2 Å². The molecule has 0 aliphatic carbocycles. The van der Waals surface area contributed by atoms with Crippen molar-refractivity contribution in [1.29, 1.82) is 0 Å². The summed E-state index contributed by atoms with van der Waals surface area (Å²) < 4.78 is 0.495. The molecule has 2 N–H and O–H groups in total. The van der Waals surface area contributed by atoms with Crippen LogP contribution in [0.25, 0.3) is 0 Å². The first-order valence-corrected chi connectivity index (χ1v) is 8.68. The Balaban J connectivity index is 1.87. The zero-order chi connectivity index (χ0) is 17.6. The van der Waals surface area contributed by atoms with E-state index in [1.54, 1.807) is 6.07 Å². The van der Waals surface area contributed by atoms with Gasteiger partial charge in [0.2, 0.25) is 0 Å².